The van der Waals surface area contributed by atoms with Gasteiger partial charge in [-0.25, -0.2) is 14.4 Å². The molecule has 140 valence electrons. The van der Waals surface area contributed by atoms with Crippen molar-refractivity contribution in [1.82, 2.24) is 15.3 Å². The number of amides is 1. The van der Waals surface area contributed by atoms with Crippen molar-refractivity contribution in [1.29, 1.82) is 0 Å². The van der Waals surface area contributed by atoms with Crippen LogP contribution in [0.1, 0.15) is 37.7 Å². The Hall–Kier alpha value is -2.76. The van der Waals surface area contributed by atoms with Gasteiger partial charge in [-0.1, -0.05) is 11.6 Å². The first kappa shape index (κ1) is 17.6. The van der Waals surface area contributed by atoms with Crippen molar-refractivity contribution in [2.75, 3.05) is 6.54 Å². The summed E-state index contributed by atoms with van der Waals surface area (Å²) in [7, 11) is 0. The van der Waals surface area contributed by atoms with E-state index in [9.17, 15) is 9.18 Å². The number of carbonyl (C=O) groups excluding carboxylic acids is 1. The highest BCUT2D eigenvalue weighted by atomic mass is 19.1. The van der Waals surface area contributed by atoms with E-state index < -0.39 is 0 Å². The van der Waals surface area contributed by atoms with E-state index in [-0.39, 0.29) is 17.8 Å². The molecule has 2 heterocycles. The molecular weight excluding hydrogens is 345 g/mol. The fraction of sp³-hybridized carbons (Fsp3) is 0.381. The number of hydrogen-bond acceptors (Lipinski definition) is 4. The van der Waals surface area contributed by atoms with E-state index in [1.807, 2.05) is 0 Å². The quantitative estimate of drug-likeness (QED) is 0.821. The van der Waals surface area contributed by atoms with Crippen molar-refractivity contribution in [2.24, 2.45) is 0 Å². The van der Waals surface area contributed by atoms with Crippen molar-refractivity contribution in [3.05, 3.63) is 53.6 Å². The molecule has 0 spiro atoms. The van der Waals surface area contributed by atoms with Crippen LogP contribution in [0.4, 0.5) is 4.39 Å². The second kappa shape index (κ2) is 7.86. The Morgan fingerprint density at radius 3 is 2.89 bits per heavy atom. The number of benzene rings is 1. The maximum atomic E-state index is 14.3. The maximum absolute atomic E-state index is 14.3. The lowest BCUT2D eigenvalue weighted by Crippen LogP contribution is -2.34. The van der Waals surface area contributed by atoms with Crippen LogP contribution in [0.5, 0.6) is 5.75 Å². The summed E-state index contributed by atoms with van der Waals surface area (Å²) in [4.78, 5) is 20.7. The van der Waals surface area contributed by atoms with Crippen LogP contribution in [-0.2, 0) is 11.2 Å². The molecule has 1 amide bonds. The van der Waals surface area contributed by atoms with Gasteiger partial charge < -0.3 is 10.1 Å². The van der Waals surface area contributed by atoms with Crippen molar-refractivity contribution >= 4 is 5.91 Å². The Kier molecular flexibility index (Phi) is 5.14. The van der Waals surface area contributed by atoms with Crippen LogP contribution < -0.4 is 10.1 Å². The normalized spacial score (nSPS) is 18.4. The first-order chi connectivity index (χ1) is 13.2. The second-order valence-corrected chi connectivity index (χ2v) is 7.01. The lowest BCUT2D eigenvalue weighted by Gasteiger charge is -2.15. The lowest BCUT2D eigenvalue weighted by molar-refractivity contribution is -0.120. The number of aromatic nitrogens is 2. The molecule has 4 rings (SSSR count). The van der Waals surface area contributed by atoms with Crippen LogP contribution in [0, 0.1) is 5.82 Å². The highest BCUT2D eigenvalue weighted by molar-refractivity contribution is 5.78. The van der Waals surface area contributed by atoms with E-state index >= 15 is 0 Å². The van der Waals surface area contributed by atoms with E-state index in [1.54, 1.807) is 24.5 Å². The highest BCUT2D eigenvalue weighted by Gasteiger charge is 2.29. The average Bonchev–Trinajstić information content (AvgIpc) is 3.13. The van der Waals surface area contributed by atoms with Gasteiger partial charge in [0.2, 0.25) is 5.91 Å². The second-order valence-electron chi connectivity index (χ2n) is 7.01. The minimum Gasteiger partial charge on any atom is -0.487 e. The minimum atomic E-state index is -0.300. The smallest absolute Gasteiger partial charge is 0.224 e. The standard InChI is InChI=1S/C21H22FN3O2/c22-18-8-7-16(21-23-9-4-10-24-21)20-17(18)12-15(27-20)13-25-19(26)11-14-5-2-1-3-6-14/h4-5,7-10,15H,1-3,6,11-13H2,(H,25,26)/t15-/m1/s1. The third-order valence-corrected chi connectivity index (χ3v) is 5.03. The van der Waals surface area contributed by atoms with Gasteiger partial charge in [-0.2, -0.15) is 0 Å². The summed E-state index contributed by atoms with van der Waals surface area (Å²) >= 11 is 0. The van der Waals surface area contributed by atoms with Crippen molar-refractivity contribution < 1.29 is 13.9 Å². The van der Waals surface area contributed by atoms with Crippen LogP contribution in [0.2, 0.25) is 0 Å². The molecule has 0 radical (unpaired) electrons. The SMILES string of the molecule is O=C(CC1=CCCCC1)NC[C@H]1Cc2c(F)ccc(-c3ncccn3)c2O1. The van der Waals surface area contributed by atoms with Crippen LogP contribution in [0.15, 0.2) is 42.2 Å². The van der Waals surface area contributed by atoms with Crippen LogP contribution in [-0.4, -0.2) is 28.5 Å². The molecule has 2 aliphatic rings. The highest BCUT2D eigenvalue weighted by Crippen LogP contribution is 2.38. The number of allylic oxidation sites excluding steroid dienone is 1. The average molecular weight is 367 g/mol. The molecule has 5 nitrogen and oxygen atoms in total. The number of carbonyl (C=O) groups is 1. The van der Waals surface area contributed by atoms with Crippen LogP contribution in [0.3, 0.4) is 0 Å². The Morgan fingerprint density at radius 1 is 1.26 bits per heavy atom. The van der Waals surface area contributed by atoms with E-state index in [0.29, 0.717) is 42.1 Å². The zero-order chi connectivity index (χ0) is 18.6. The Morgan fingerprint density at radius 2 is 2.11 bits per heavy atom. The molecule has 1 aliphatic heterocycles. The summed E-state index contributed by atoms with van der Waals surface area (Å²) in [5.41, 5.74) is 2.41. The largest absolute Gasteiger partial charge is 0.487 e. The molecule has 2 aromatic rings. The van der Waals surface area contributed by atoms with Gasteiger partial charge in [0, 0.05) is 30.8 Å². The lowest BCUT2D eigenvalue weighted by atomic mass is 9.97. The van der Waals surface area contributed by atoms with Gasteiger partial charge in [0.25, 0.3) is 0 Å². The number of nitrogens with one attached hydrogen (secondary N) is 1. The van der Waals surface area contributed by atoms with Gasteiger partial charge in [-0.15, -0.1) is 0 Å². The molecule has 0 bridgehead atoms. The fourth-order valence-electron chi connectivity index (χ4n) is 3.65. The van der Waals surface area contributed by atoms with Gasteiger partial charge in [0.15, 0.2) is 5.82 Å². The number of nitrogens with zero attached hydrogens (tertiary/aromatic N) is 2. The summed E-state index contributed by atoms with van der Waals surface area (Å²) in [6, 6.07) is 4.79. The predicted octanol–water partition coefficient (Wildman–Crippen LogP) is 3.59. The first-order valence-corrected chi connectivity index (χ1v) is 9.41. The first-order valence-electron chi connectivity index (χ1n) is 9.41. The number of rotatable bonds is 5. The number of halogens is 1. The number of fused-ring (bicyclic) bond motifs is 1. The summed E-state index contributed by atoms with van der Waals surface area (Å²) in [6.07, 6.45) is 10.5. The van der Waals surface area contributed by atoms with Gasteiger partial charge in [-0.3, -0.25) is 4.79 Å². The molecule has 1 aromatic heterocycles. The van der Waals surface area contributed by atoms with E-state index in [2.05, 4.69) is 21.4 Å². The monoisotopic (exact) mass is 367 g/mol. The fourth-order valence-corrected chi connectivity index (χ4v) is 3.65. The molecule has 0 saturated heterocycles. The molecule has 0 fully saturated rings. The van der Waals surface area contributed by atoms with Crippen molar-refractivity contribution in [3.63, 3.8) is 0 Å². The zero-order valence-corrected chi connectivity index (χ0v) is 15.1. The number of ether oxygens (including phenoxy) is 1. The predicted molar refractivity (Wildman–Crippen MR) is 99.7 cm³/mol. The van der Waals surface area contributed by atoms with Crippen LogP contribution in [0.25, 0.3) is 11.4 Å². The maximum Gasteiger partial charge on any atom is 0.224 e. The van der Waals surface area contributed by atoms with E-state index in [0.717, 1.165) is 19.3 Å². The summed E-state index contributed by atoms with van der Waals surface area (Å²) in [6.45, 7) is 0.356. The Balaban J connectivity index is 1.41. The molecule has 6 heteroatoms. The van der Waals surface area contributed by atoms with Gasteiger partial charge in [-0.05, 0) is 43.9 Å². The molecule has 0 saturated carbocycles. The van der Waals surface area contributed by atoms with E-state index in [4.69, 9.17) is 4.74 Å². The minimum absolute atomic E-state index is 0.00482. The molecule has 1 aliphatic carbocycles. The third kappa shape index (κ3) is 3.99. The third-order valence-electron chi connectivity index (χ3n) is 5.03. The van der Waals surface area contributed by atoms with Crippen molar-refractivity contribution in [2.45, 2.75) is 44.6 Å². The summed E-state index contributed by atoms with van der Waals surface area (Å²) in [5, 5.41) is 2.93. The molecule has 1 N–H and O–H groups in total. The van der Waals surface area contributed by atoms with Gasteiger partial charge in [0.05, 0.1) is 12.1 Å². The molecule has 27 heavy (non-hydrogen) atoms. The van der Waals surface area contributed by atoms with Crippen LogP contribution >= 0.6 is 0 Å². The topological polar surface area (TPSA) is 64.1 Å². The number of hydrogen-bond donors (Lipinski definition) is 1. The molecule has 0 unspecified atom stereocenters. The summed E-state index contributed by atoms with van der Waals surface area (Å²) in [5.74, 6) is 0.679. The Bertz CT molecular complexity index is 867. The molecular formula is C21H22FN3O2. The van der Waals surface area contributed by atoms with Gasteiger partial charge in [0.1, 0.15) is 17.7 Å². The Labute approximate surface area is 157 Å². The summed E-state index contributed by atoms with van der Waals surface area (Å²) < 4.78 is 20.2. The van der Waals surface area contributed by atoms with Crippen molar-refractivity contribution in [3.8, 4) is 17.1 Å². The molecule has 1 atom stereocenters. The molecule has 1 aromatic carbocycles. The van der Waals surface area contributed by atoms with E-state index in [1.165, 1.54) is 18.1 Å². The zero-order valence-electron chi connectivity index (χ0n) is 15.1. The van der Waals surface area contributed by atoms with Gasteiger partial charge >= 0.3 is 0 Å².